The summed E-state index contributed by atoms with van der Waals surface area (Å²) in [4.78, 5) is 4.75. The zero-order valence-corrected chi connectivity index (χ0v) is 35.9. The van der Waals surface area contributed by atoms with Crippen LogP contribution in [0.25, 0.3) is 35.1 Å². The first kappa shape index (κ1) is 40.2. The topological polar surface area (TPSA) is 54.1 Å². The van der Waals surface area contributed by atoms with Crippen LogP contribution in [0.2, 0.25) is 0 Å². The molecule has 0 fully saturated rings. The second-order valence-corrected chi connectivity index (χ2v) is 16.8. The Hall–Kier alpha value is -7.92. The normalized spacial score (nSPS) is 13.3. The van der Waals surface area contributed by atoms with Crippen LogP contribution < -0.4 is 9.80 Å². The van der Waals surface area contributed by atoms with E-state index in [0.29, 0.717) is 11.1 Å². The van der Waals surface area contributed by atoms with Crippen molar-refractivity contribution in [2.45, 2.75) is 51.4 Å². The zero-order valence-electron chi connectivity index (χ0n) is 35.9. The Morgan fingerprint density at radius 1 is 0.359 bits per heavy atom. The lowest BCUT2D eigenvalue weighted by Gasteiger charge is -2.30. The van der Waals surface area contributed by atoms with Gasteiger partial charge in [0, 0.05) is 44.9 Å². The molecule has 308 valence electrons. The van der Waals surface area contributed by atoms with Crippen molar-refractivity contribution in [1.82, 2.24) is 0 Å². The number of nitriles is 2. The lowest BCUT2D eigenvalue weighted by atomic mass is 9.90. The van der Waals surface area contributed by atoms with Crippen molar-refractivity contribution < 1.29 is 0 Å². The highest BCUT2D eigenvalue weighted by atomic mass is 15.1. The Balaban J connectivity index is 0.902. The van der Waals surface area contributed by atoms with E-state index in [-0.39, 0.29) is 0 Å². The summed E-state index contributed by atoms with van der Waals surface area (Å²) in [6, 6.07) is 64.7. The highest BCUT2D eigenvalue weighted by Crippen LogP contribution is 2.42. The first-order valence-electron chi connectivity index (χ1n) is 22.5. The molecule has 2 aliphatic carbocycles. The number of anilines is 6. The number of nitrogens with zero attached hydrogens (tertiary/aromatic N) is 4. The molecule has 0 heterocycles. The molecule has 0 saturated carbocycles. The predicted octanol–water partition coefficient (Wildman–Crippen LogP) is 15.6. The third-order valence-electron chi connectivity index (χ3n) is 13.0. The summed E-state index contributed by atoms with van der Waals surface area (Å²) in [7, 11) is 0. The number of para-hydroxylation sites is 2. The fourth-order valence-corrected chi connectivity index (χ4v) is 9.76. The predicted molar refractivity (Wildman–Crippen MR) is 267 cm³/mol. The van der Waals surface area contributed by atoms with Gasteiger partial charge in [0.25, 0.3) is 0 Å². The largest absolute Gasteiger partial charge is 0.310 e. The van der Waals surface area contributed by atoms with Gasteiger partial charge in [0.15, 0.2) is 0 Å². The molecule has 0 unspecified atom stereocenters. The van der Waals surface area contributed by atoms with E-state index < -0.39 is 0 Å². The molecular weight excluding hydrogens is 777 g/mol. The van der Waals surface area contributed by atoms with Crippen molar-refractivity contribution in [2.24, 2.45) is 0 Å². The van der Waals surface area contributed by atoms with Crippen molar-refractivity contribution in [3.05, 3.63) is 225 Å². The van der Waals surface area contributed by atoms with Crippen LogP contribution in [0.5, 0.6) is 0 Å². The fraction of sp³-hybridized carbons (Fsp3) is 0.133. The van der Waals surface area contributed by atoms with E-state index in [1.165, 1.54) is 59.3 Å². The van der Waals surface area contributed by atoms with E-state index in [2.05, 4.69) is 180 Å². The average molecular weight is 825 g/mol. The molecular formula is C60H48N4. The van der Waals surface area contributed by atoms with Gasteiger partial charge in [0.05, 0.1) is 11.1 Å². The summed E-state index contributed by atoms with van der Waals surface area (Å²) in [5.41, 5.74) is 17.6. The summed E-state index contributed by atoms with van der Waals surface area (Å²) in [6.07, 6.45) is 17.5. The zero-order chi connectivity index (χ0) is 43.2. The molecule has 64 heavy (non-hydrogen) atoms. The van der Waals surface area contributed by atoms with Gasteiger partial charge in [-0.3, -0.25) is 0 Å². The molecule has 0 aliphatic heterocycles. The number of fused-ring (bicyclic) bond motifs is 3. The number of benzene rings is 8. The van der Waals surface area contributed by atoms with Crippen LogP contribution in [0.1, 0.15) is 81.3 Å². The minimum Gasteiger partial charge on any atom is -0.310 e. The van der Waals surface area contributed by atoms with Crippen LogP contribution in [0.3, 0.4) is 0 Å². The number of hydrogen-bond acceptors (Lipinski definition) is 4. The Morgan fingerprint density at radius 3 is 1.16 bits per heavy atom. The monoisotopic (exact) mass is 824 g/mol. The maximum atomic E-state index is 10.5. The molecule has 4 nitrogen and oxygen atoms in total. The Kier molecular flexibility index (Phi) is 11.4. The Morgan fingerprint density at radius 2 is 0.750 bits per heavy atom. The Labute approximate surface area is 376 Å². The smallest absolute Gasteiger partial charge is 0.100 e. The average Bonchev–Trinajstić information content (AvgIpc) is 3.36. The lowest BCUT2D eigenvalue weighted by Crippen LogP contribution is -2.15. The minimum atomic E-state index is 0.555. The van der Waals surface area contributed by atoms with Gasteiger partial charge in [-0.2, -0.15) is 10.5 Å². The summed E-state index contributed by atoms with van der Waals surface area (Å²) >= 11 is 0. The number of rotatable bonds is 10. The van der Waals surface area contributed by atoms with Gasteiger partial charge in [-0.05, 0) is 157 Å². The van der Waals surface area contributed by atoms with Gasteiger partial charge < -0.3 is 9.80 Å². The van der Waals surface area contributed by atoms with Crippen LogP contribution in [-0.4, -0.2) is 0 Å². The maximum Gasteiger partial charge on any atom is 0.100 e. The van der Waals surface area contributed by atoms with Gasteiger partial charge in [-0.25, -0.2) is 0 Å². The van der Waals surface area contributed by atoms with E-state index in [9.17, 15) is 10.5 Å². The number of aryl methyl sites for hydroxylation is 2. The van der Waals surface area contributed by atoms with Gasteiger partial charge in [-0.15, -0.1) is 0 Å². The third-order valence-corrected chi connectivity index (χ3v) is 13.0. The molecule has 0 radical (unpaired) electrons. The van der Waals surface area contributed by atoms with Crippen LogP contribution in [0.4, 0.5) is 34.1 Å². The van der Waals surface area contributed by atoms with E-state index >= 15 is 0 Å². The molecule has 0 bridgehead atoms. The minimum absolute atomic E-state index is 0.555. The van der Waals surface area contributed by atoms with Gasteiger partial charge in [0.2, 0.25) is 0 Å². The van der Waals surface area contributed by atoms with Crippen molar-refractivity contribution in [1.29, 1.82) is 10.5 Å². The summed E-state index contributed by atoms with van der Waals surface area (Å²) in [5.74, 6) is 0. The van der Waals surface area contributed by atoms with Crippen LogP contribution >= 0.6 is 0 Å². The molecule has 4 heteroatoms. The SMILES string of the molecule is N#Cc1c(/C=C\c2ccc(N(c3ccccc3)c3cccc4c3CCCC4)cc2)ccc2c(C#N)c(/C=C\c3ccc(N(c4ccccc4)c4cccc5c4CCCC5)cc3)ccc12. The van der Waals surface area contributed by atoms with E-state index in [4.69, 9.17) is 0 Å². The van der Waals surface area contributed by atoms with Gasteiger partial charge >= 0.3 is 0 Å². The second-order valence-electron chi connectivity index (χ2n) is 16.8. The van der Waals surface area contributed by atoms with Crippen LogP contribution in [0.15, 0.2) is 170 Å². The molecule has 0 saturated heterocycles. The first-order valence-corrected chi connectivity index (χ1v) is 22.5. The molecule has 2 aliphatic rings. The standard InChI is InChI=1S/C60H48N4/c61-41-57-47(31-25-43-27-35-51(36-28-43)63(49-17-3-1-4-18-49)59-23-11-15-45-13-7-9-21-53(45)59)33-39-56-55(57)40-34-48(58(56)42-62)32-26-44-29-37-52(38-30-44)64(50-19-5-2-6-20-50)60-24-12-16-46-14-8-10-22-54(46)60/h1-6,11-12,15-20,23-40H,7-10,13-14,21-22H2/b31-25-,32-26-. The van der Waals surface area contributed by atoms with Crippen molar-refractivity contribution in [2.75, 3.05) is 9.80 Å². The lowest BCUT2D eigenvalue weighted by molar-refractivity contribution is 0.686. The van der Waals surface area contributed by atoms with E-state index in [0.717, 1.165) is 81.5 Å². The molecule has 0 amide bonds. The van der Waals surface area contributed by atoms with Crippen LogP contribution in [-0.2, 0) is 25.7 Å². The molecule has 8 aromatic carbocycles. The number of hydrogen-bond donors (Lipinski definition) is 0. The first-order chi connectivity index (χ1) is 31.7. The summed E-state index contributed by atoms with van der Waals surface area (Å²) in [5, 5.41) is 22.5. The quantitative estimate of drug-likeness (QED) is 0.129. The third kappa shape index (κ3) is 7.99. The van der Waals surface area contributed by atoms with Crippen molar-refractivity contribution in [3.63, 3.8) is 0 Å². The Bertz CT molecular complexity index is 2900. The van der Waals surface area contributed by atoms with Crippen molar-refractivity contribution in [3.8, 4) is 12.1 Å². The summed E-state index contributed by atoms with van der Waals surface area (Å²) in [6.45, 7) is 0. The molecule has 0 spiro atoms. The highest BCUT2D eigenvalue weighted by Gasteiger charge is 2.22. The molecule has 0 aromatic heterocycles. The van der Waals surface area contributed by atoms with Gasteiger partial charge in [-0.1, -0.05) is 133 Å². The summed E-state index contributed by atoms with van der Waals surface area (Å²) < 4.78 is 0. The maximum absolute atomic E-state index is 10.5. The fourth-order valence-electron chi connectivity index (χ4n) is 9.76. The van der Waals surface area contributed by atoms with Crippen LogP contribution in [0, 0.1) is 22.7 Å². The van der Waals surface area contributed by atoms with Crippen molar-refractivity contribution >= 4 is 69.2 Å². The molecule has 10 rings (SSSR count). The molecule has 0 atom stereocenters. The van der Waals surface area contributed by atoms with Gasteiger partial charge in [0.1, 0.15) is 12.1 Å². The molecule has 0 N–H and O–H groups in total. The molecule has 8 aromatic rings. The van der Waals surface area contributed by atoms with E-state index in [1.54, 1.807) is 0 Å². The second kappa shape index (κ2) is 18.2. The highest BCUT2D eigenvalue weighted by molar-refractivity contribution is 5.98. The van der Waals surface area contributed by atoms with E-state index in [1.807, 2.05) is 36.4 Å².